The fraction of sp³-hybridized carbons (Fsp3) is 0.0189. The number of fused-ring (bicyclic) bond motifs is 6. The van der Waals surface area contributed by atoms with Crippen molar-refractivity contribution in [3.8, 4) is 68.1 Å². The largest absolute Gasteiger partial charge is 0.309 e. The number of hydrogen-bond acceptors (Lipinski definition) is 8. The van der Waals surface area contributed by atoms with E-state index in [4.69, 9.17) is 0 Å². The van der Waals surface area contributed by atoms with Crippen LogP contribution in [0.1, 0.15) is 5.56 Å². The third kappa shape index (κ3) is 6.22. The van der Waals surface area contributed by atoms with Crippen LogP contribution in [0, 0.1) is 18.6 Å². The molecule has 0 atom stereocenters. The Hall–Kier alpha value is -8.90. The summed E-state index contributed by atoms with van der Waals surface area (Å²) < 4.78 is 37.1. The predicted octanol–water partition coefficient (Wildman–Crippen LogP) is 12.0. The molecule has 0 bridgehead atoms. The van der Waals surface area contributed by atoms with Gasteiger partial charge in [-0.25, -0.2) is 48.7 Å². The number of hydrogen-bond donors (Lipinski definition) is 0. The van der Waals surface area contributed by atoms with E-state index in [1.165, 1.54) is 18.2 Å². The minimum atomic E-state index is -0.687. The van der Waals surface area contributed by atoms with Crippen LogP contribution in [0.4, 0.5) is 8.78 Å². The number of nitrogens with zero attached hydrogens (tertiary/aromatic N) is 10. The minimum Gasteiger partial charge on any atom is -0.309 e. The van der Waals surface area contributed by atoms with E-state index in [0.29, 0.717) is 34.5 Å². The molecule has 0 saturated heterocycles. The summed E-state index contributed by atoms with van der Waals surface area (Å²) in [6, 6.07) is 39.4. The zero-order chi connectivity index (χ0) is 43.6. The summed E-state index contributed by atoms with van der Waals surface area (Å²) in [5, 5.41) is 3.81. The van der Waals surface area contributed by atoms with Crippen molar-refractivity contribution in [2.24, 2.45) is 0 Å². The zero-order valence-corrected chi connectivity index (χ0v) is 34.5. The van der Waals surface area contributed by atoms with E-state index < -0.39 is 11.6 Å². The van der Waals surface area contributed by atoms with Crippen LogP contribution in [0.15, 0.2) is 177 Å². The van der Waals surface area contributed by atoms with E-state index in [1.807, 2.05) is 55.5 Å². The second kappa shape index (κ2) is 15.2. The van der Waals surface area contributed by atoms with Crippen LogP contribution in [0.3, 0.4) is 0 Å². The molecule has 0 saturated carbocycles. The van der Waals surface area contributed by atoms with Crippen molar-refractivity contribution < 1.29 is 8.78 Å². The van der Waals surface area contributed by atoms with E-state index in [0.717, 1.165) is 77.1 Å². The van der Waals surface area contributed by atoms with Crippen LogP contribution < -0.4 is 0 Å². The third-order valence-corrected chi connectivity index (χ3v) is 11.9. The van der Waals surface area contributed by atoms with E-state index >= 15 is 8.78 Å². The lowest BCUT2D eigenvalue weighted by Gasteiger charge is -2.22. The molecule has 0 aliphatic rings. The maximum atomic E-state index is 16.4. The summed E-state index contributed by atoms with van der Waals surface area (Å²) in [5.41, 5.74) is 8.82. The third-order valence-electron chi connectivity index (χ3n) is 11.9. The number of rotatable bonds is 7. The van der Waals surface area contributed by atoms with Gasteiger partial charge in [0.1, 0.15) is 11.6 Å². The van der Waals surface area contributed by atoms with Gasteiger partial charge in [-0.3, -0.25) is 0 Å². The number of halogens is 2. The van der Waals surface area contributed by atoms with Gasteiger partial charge in [0.05, 0.1) is 39.0 Å². The molecule has 0 aliphatic carbocycles. The normalized spacial score (nSPS) is 11.6. The first kappa shape index (κ1) is 37.8. The zero-order valence-electron chi connectivity index (χ0n) is 34.5. The summed E-state index contributed by atoms with van der Waals surface area (Å²) >= 11 is 0. The first-order valence-electron chi connectivity index (χ1n) is 20.8. The quantitative estimate of drug-likeness (QED) is 0.156. The minimum absolute atomic E-state index is 0.147. The Balaban J connectivity index is 1.23. The van der Waals surface area contributed by atoms with Gasteiger partial charge in [-0.05, 0) is 85.3 Å². The van der Waals surface area contributed by atoms with Crippen molar-refractivity contribution in [2.45, 2.75) is 6.92 Å². The van der Waals surface area contributed by atoms with Crippen LogP contribution in [0.2, 0.25) is 0 Å². The monoisotopic (exact) mass is 846 g/mol. The summed E-state index contributed by atoms with van der Waals surface area (Å²) in [7, 11) is 0. The molecule has 0 radical (unpaired) electrons. The standard InChI is InChI=1S/C53H32F2N10/c1-31-43(64-44-27-32(50-56-19-3-20-57-50)9-13-36(44)37-14-10-33(28-45(37)64)51-58-21-4-22-59-51)18-17-40(48-41(54)7-2-8-42(48)55)49(31)65-46-29-34(52-60-23-5-24-61-52)11-15-38(46)39-16-12-35(30-47(39)65)53-62-25-6-26-63-53/h2-30H,1H3. The predicted molar refractivity (Wildman–Crippen MR) is 249 cm³/mol. The van der Waals surface area contributed by atoms with Crippen molar-refractivity contribution in [1.82, 2.24) is 49.0 Å². The molecule has 308 valence electrons. The van der Waals surface area contributed by atoms with Crippen LogP contribution in [-0.2, 0) is 0 Å². The van der Waals surface area contributed by atoms with Crippen molar-refractivity contribution in [2.75, 3.05) is 0 Å². The first-order chi connectivity index (χ1) is 32.0. The molecular weight excluding hydrogens is 815 g/mol. The van der Waals surface area contributed by atoms with Gasteiger partial charge in [0.15, 0.2) is 23.3 Å². The summed E-state index contributed by atoms with van der Waals surface area (Å²) in [6.45, 7) is 2.00. The van der Waals surface area contributed by atoms with Crippen LogP contribution >= 0.6 is 0 Å². The highest BCUT2D eigenvalue weighted by atomic mass is 19.1. The highest BCUT2D eigenvalue weighted by Gasteiger charge is 2.26. The molecular formula is C53H32F2N10. The van der Waals surface area contributed by atoms with Crippen LogP contribution in [0.25, 0.3) is 112 Å². The van der Waals surface area contributed by atoms with Gasteiger partial charge in [-0.15, -0.1) is 0 Å². The molecule has 0 N–H and O–H groups in total. The summed E-state index contributed by atoms with van der Waals surface area (Å²) in [5.74, 6) is 0.859. The van der Waals surface area contributed by atoms with Crippen molar-refractivity contribution in [3.63, 3.8) is 0 Å². The Labute approximate surface area is 369 Å². The second-order valence-electron chi connectivity index (χ2n) is 15.6. The molecule has 6 aromatic heterocycles. The Morgan fingerprint density at radius 1 is 0.369 bits per heavy atom. The van der Waals surface area contributed by atoms with E-state index in [1.54, 1.807) is 73.8 Å². The molecule has 0 unspecified atom stereocenters. The van der Waals surface area contributed by atoms with Gasteiger partial charge < -0.3 is 9.13 Å². The summed E-state index contributed by atoms with van der Waals surface area (Å²) in [4.78, 5) is 36.6. The summed E-state index contributed by atoms with van der Waals surface area (Å²) in [6.07, 6.45) is 13.7. The van der Waals surface area contributed by atoms with Gasteiger partial charge in [0.25, 0.3) is 0 Å². The lowest BCUT2D eigenvalue weighted by atomic mass is 9.97. The smallest absolute Gasteiger partial charge is 0.159 e. The Morgan fingerprint density at radius 2 is 0.708 bits per heavy atom. The van der Waals surface area contributed by atoms with Gasteiger partial charge in [-0.2, -0.15) is 0 Å². The molecule has 12 heteroatoms. The van der Waals surface area contributed by atoms with Crippen LogP contribution in [-0.4, -0.2) is 49.0 Å². The van der Waals surface area contributed by atoms with E-state index in [-0.39, 0.29) is 5.56 Å². The van der Waals surface area contributed by atoms with E-state index in [2.05, 4.69) is 85.4 Å². The fourth-order valence-electron chi connectivity index (χ4n) is 9.06. The van der Waals surface area contributed by atoms with Crippen molar-refractivity contribution >= 4 is 43.6 Å². The van der Waals surface area contributed by atoms with Crippen LogP contribution in [0.5, 0.6) is 0 Å². The molecule has 0 aliphatic heterocycles. The fourth-order valence-corrected chi connectivity index (χ4v) is 9.06. The van der Waals surface area contributed by atoms with Gasteiger partial charge >= 0.3 is 0 Å². The average molecular weight is 847 g/mol. The Kier molecular flexibility index (Phi) is 8.83. The molecule has 6 aromatic carbocycles. The lowest BCUT2D eigenvalue weighted by Crippen LogP contribution is -2.07. The van der Waals surface area contributed by atoms with Crippen molar-refractivity contribution in [1.29, 1.82) is 0 Å². The Morgan fingerprint density at radius 3 is 1.06 bits per heavy atom. The second-order valence-corrected chi connectivity index (χ2v) is 15.6. The van der Waals surface area contributed by atoms with Gasteiger partial charge in [0.2, 0.25) is 0 Å². The molecule has 10 nitrogen and oxygen atoms in total. The highest BCUT2D eigenvalue weighted by Crippen LogP contribution is 2.44. The molecule has 0 fully saturated rings. The molecule has 12 aromatic rings. The van der Waals surface area contributed by atoms with Gasteiger partial charge in [-0.1, -0.05) is 54.6 Å². The number of benzene rings is 6. The van der Waals surface area contributed by atoms with E-state index in [9.17, 15) is 0 Å². The Bertz CT molecular complexity index is 3590. The number of aromatic nitrogens is 10. The van der Waals surface area contributed by atoms with Gasteiger partial charge in [0, 0.05) is 98.9 Å². The topological polar surface area (TPSA) is 113 Å². The SMILES string of the molecule is Cc1c(-n2c3cc(-c4ncccn4)ccc3c3ccc(-c4ncccn4)cc32)ccc(-c2c(F)cccc2F)c1-n1c2cc(-c3ncccn3)ccc2c2ccc(-c3ncccn3)cc21. The lowest BCUT2D eigenvalue weighted by molar-refractivity contribution is 0.589. The van der Waals surface area contributed by atoms with Crippen molar-refractivity contribution in [3.05, 3.63) is 194 Å². The maximum Gasteiger partial charge on any atom is 0.159 e. The highest BCUT2D eigenvalue weighted by molar-refractivity contribution is 6.13. The molecule has 12 rings (SSSR count). The molecule has 6 heterocycles. The molecule has 65 heavy (non-hydrogen) atoms. The maximum absolute atomic E-state index is 16.4. The first-order valence-corrected chi connectivity index (χ1v) is 20.8. The molecule has 0 spiro atoms. The molecule has 0 amide bonds. The average Bonchev–Trinajstić information content (AvgIpc) is 3.86.